The summed E-state index contributed by atoms with van der Waals surface area (Å²) in [4.78, 5) is 37.1. The highest BCUT2D eigenvalue weighted by molar-refractivity contribution is 7.20. The number of aromatic nitrogens is 2. The second-order valence-corrected chi connectivity index (χ2v) is 8.53. The second-order valence-electron chi connectivity index (χ2n) is 7.06. The molecule has 3 aromatic rings. The molecule has 1 fully saturated rings. The van der Waals surface area contributed by atoms with Gasteiger partial charge in [-0.25, -0.2) is 9.97 Å². The summed E-state index contributed by atoms with van der Waals surface area (Å²) in [6.07, 6.45) is 3.26. The monoisotopic (exact) mass is 429 g/mol. The first-order valence-electron chi connectivity index (χ1n) is 9.30. The fourth-order valence-electron chi connectivity index (χ4n) is 3.26. The van der Waals surface area contributed by atoms with E-state index in [1.807, 2.05) is 0 Å². The van der Waals surface area contributed by atoms with E-state index in [4.69, 9.17) is 11.6 Å². The van der Waals surface area contributed by atoms with Crippen molar-refractivity contribution in [2.45, 2.75) is 18.9 Å². The molecule has 1 aromatic carbocycles. The number of anilines is 1. The molecule has 2 N–H and O–H groups in total. The highest BCUT2D eigenvalue weighted by Crippen LogP contribution is 2.28. The van der Waals surface area contributed by atoms with Crippen LogP contribution in [-0.2, 0) is 0 Å². The highest BCUT2D eigenvalue weighted by atomic mass is 35.5. The predicted molar refractivity (Wildman–Crippen MR) is 115 cm³/mol. The maximum Gasteiger partial charge on any atom is 0.261 e. The van der Waals surface area contributed by atoms with E-state index in [2.05, 4.69) is 32.5 Å². The largest absolute Gasteiger partial charge is 0.349 e. The number of benzene rings is 1. The van der Waals surface area contributed by atoms with E-state index < -0.39 is 0 Å². The van der Waals surface area contributed by atoms with Crippen molar-refractivity contribution in [3.63, 3.8) is 0 Å². The number of thiophene rings is 1. The number of halogens is 1. The average molecular weight is 430 g/mol. The van der Waals surface area contributed by atoms with Gasteiger partial charge in [-0.1, -0.05) is 11.6 Å². The lowest BCUT2D eigenvalue weighted by Crippen LogP contribution is -2.43. The number of hydrogen-bond acceptors (Lipinski definition) is 6. The summed E-state index contributed by atoms with van der Waals surface area (Å²) in [5.74, 6) is -0.0349. The van der Waals surface area contributed by atoms with Crippen LogP contribution in [0.2, 0.25) is 5.02 Å². The molecule has 2 aromatic heterocycles. The third-order valence-electron chi connectivity index (χ3n) is 4.95. The van der Waals surface area contributed by atoms with Gasteiger partial charge in [-0.3, -0.25) is 9.59 Å². The van der Waals surface area contributed by atoms with Gasteiger partial charge >= 0.3 is 0 Å². The van der Waals surface area contributed by atoms with Gasteiger partial charge in [0, 0.05) is 16.6 Å². The average Bonchev–Trinajstić information content (AvgIpc) is 3.16. The number of carbonyl (C=O) groups is 2. The van der Waals surface area contributed by atoms with Crippen LogP contribution in [0.4, 0.5) is 5.82 Å². The van der Waals surface area contributed by atoms with Crippen LogP contribution in [0.1, 0.15) is 32.9 Å². The minimum Gasteiger partial charge on any atom is -0.349 e. The Labute approximate surface area is 177 Å². The molecule has 0 aliphatic carbocycles. The molecular weight excluding hydrogens is 410 g/mol. The predicted octanol–water partition coefficient (Wildman–Crippen LogP) is 3.42. The van der Waals surface area contributed by atoms with E-state index in [0.29, 0.717) is 31.5 Å². The van der Waals surface area contributed by atoms with Gasteiger partial charge in [0.1, 0.15) is 17.0 Å². The number of amides is 2. The quantitative estimate of drug-likeness (QED) is 0.663. The van der Waals surface area contributed by atoms with Crippen molar-refractivity contribution in [2.24, 2.45) is 0 Å². The van der Waals surface area contributed by atoms with Gasteiger partial charge < -0.3 is 15.5 Å². The molecule has 0 saturated carbocycles. The molecule has 2 amide bonds. The summed E-state index contributed by atoms with van der Waals surface area (Å²) >= 11 is 7.16. The van der Waals surface area contributed by atoms with E-state index in [1.54, 1.807) is 30.3 Å². The fourth-order valence-corrected chi connectivity index (χ4v) is 4.29. The molecular formula is C20H20ClN5O2S. The van der Waals surface area contributed by atoms with Gasteiger partial charge in [-0.2, -0.15) is 0 Å². The van der Waals surface area contributed by atoms with Gasteiger partial charge in [0.05, 0.1) is 10.3 Å². The molecule has 0 unspecified atom stereocenters. The molecule has 1 saturated heterocycles. The summed E-state index contributed by atoms with van der Waals surface area (Å²) < 4.78 is 0. The lowest BCUT2D eigenvalue weighted by atomic mass is 10.1. The van der Waals surface area contributed by atoms with Gasteiger partial charge in [0.15, 0.2) is 0 Å². The molecule has 1 aliphatic heterocycles. The number of carbonyl (C=O) groups excluding carboxylic acids is 2. The lowest BCUT2D eigenvalue weighted by Gasteiger charge is -2.29. The van der Waals surface area contributed by atoms with Crippen molar-refractivity contribution in [1.29, 1.82) is 0 Å². The van der Waals surface area contributed by atoms with Crippen molar-refractivity contribution in [3.05, 3.63) is 52.1 Å². The molecule has 4 rings (SSSR count). The Morgan fingerprint density at radius 1 is 1.14 bits per heavy atom. The Bertz CT molecular complexity index is 1040. The minimum absolute atomic E-state index is 0.113. The van der Waals surface area contributed by atoms with Crippen molar-refractivity contribution in [3.8, 4) is 0 Å². The van der Waals surface area contributed by atoms with Crippen LogP contribution in [0.3, 0.4) is 0 Å². The van der Waals surface area contributed by atoms with Crippen LogP contribution in [0.25, 0.3) is 10.2 Å². The van der Waals surface area contributed by atoms with Crippen molar-refractivity contribution >= 4 is 50.8 Å². The van der Waals surface area contributed by atoms with Crippen LogP contribution >= 0.6 is 22.9 Å². The van der Waals surface area contributed by atoms with E-state index in [0.717, 1.165) is 25.9 Å². The zero-order valence-electron chi connectivity index (χ0n) is 15.8. The summed E-state index contributed by atoms with van der Waals surface area (Å²) in [5.41, 5.74) is 0.469. The van der Waals surface area contributed by atoms with E-state index >= 15 is 0 Å². The molecule has 7 nitrogen and oxygen atoms in total. The third kappa shape index (κ3) is 4.55. The van der Waals surface area contributed by atoms with E-state index in [-0.39, 0.29) is 17.9 Å². The molecule has 1 aliphatic rings. The summed E-state index contributed by atoms with van der Waals surface area (Å²) in [6, 6.07) is 8.51. The molecule has 150 valence electrons. The standard InChI is InChI=1S/C20H20ClN5O2S/c1-26-8-6-14(7-9-26)24-19(28)16-10-15-17(22-11-23-20(15)29-16)25-18(27)12-2-4-13(21)5-3-12/h2-5,10-11,14H,6-9H2,1H3,(H,24,28)(H,22,23,25,27). The SMILES string of the molecule is CN1CCC(NC(=O)c2cc3c(NC(=O)c4ccc(Cl)cc4)ncnc3s2)CC1. The molecule has 29 heavy (non-hydrogen) atoms. The van der Waals surface area contributed by atoms with Gasteiger partial charge in [0.2, 0.25) is 0 Å². The molecule has 0 radical (unpaired) electrons. The van der Waals surface area contributed by atoms with Gasteiger partial charge in [0.25, 0.3) is 11.8 Å². The topological polar surface area (TPSA) is 87.2 Å². The number of fused-ring (bicyclic) bond motifs is 1. The maximum absolute atomic E-state index is 12.7. The first kappa shape index (κ1) is 19.8. The summed E-state index contributed by atoms with van der Waals surface area (Å²) in [6.45, 7) is 1.95. The first-order chi connectivity index (χ1) is 14.0. The Morgan fingerprint density at radius 3 is 2.59 bits per heavy atom. The Kier molecular flexibility index (Phi) is 5.75. The van der Waals surface area contributed by atoms with E-state index in [1.165, 1.54) is 17.7 Å². The van der Waals surface area contributed by atoms with Crippen LogP contribution in [-0.4, -0.2) is 52.9 Å². The highest BCUT2D eigenvalue weighted by Gasteiger charge is 2.21. The number of nitrogens with zero attached hydrogens (tertiary/aromatic N) is 3. The normalized spacial score (nSPS) is 15.4. The molecule has 3 heterocycles. The fraction of sp³-hybridized carbons (Fsp3) is 0.300. The smallest absolute Gasteiger partial charge is 0.261 e. The number of nitrogens with one attached hydrogen (secondary N) is 2. The van der Waals surface area contributed by atoms with Crippen LogP contribution < -0.4 is 10.6 Å². The molecule has 0 bridgehead atoms. The third-order valence-corrected chi connectivity index (χ3v) is 6.24. The Hall–Kier alpha value is -2.55. The number of rotatable bonds is 4. The van der Waals surface area contributed by atoms with Crippen LogP contribution in [0, 0.1) is 0 Å². The lowest BCUT2D eigenvalue weighted by molar-refractivity contribution is 0.0920. The number of hydrogen-bond donors (Lipinski definition) is 2. The number of likely N-dealkylation sites (tertiary alicyclic amines) is 1. The molecule has 0 spiro atoms. The van der Waals surface area contributed by atoms with Crippen molar-refractivity contribution < 1.29 is 9.59 Å². The van der Waals surface area contributed by atoms with Crippen LogP contribution in [0.5, 0.6) is 0 Å². The first-order valence-corrected chi connectivity index (χ1v) is 10.5. The Balaban J connectivity index is 1.51. The number of piperidine rings is 1. The summed E-state index contributed by atoms with van der Waals surface area (Å²) in [5, 5.41) is 7.11. The molecule has 9 heteroatoms. The van der Waals surface area contributed by atoms with Crippen molar-refractivity contribution in [2.75, 3.05) is 25.5 Å². The van der Waals surface area contributed by atoms with E-state index in [9.17, 15) is 9.59 Å². The Morgan fingerprint density at radius 2 is 1.86 bits per heavy atom. The molecule has 0 atom stereocenters. The second kappa shape index (κ2) is 8.44. The van der Waals surface area contributed by atoms with Crippen molar-refractivity contribution in [1.82, 2.24) is 20.2 Å². The summed E-state index contributed by atoms with van der Waals surface area (Å²) in [7, 11) is 2.09. The van der Waals surface area contributed by atoms with Gasteiger partial charge in [-0.05, 0) is 63.3 Å². The van der Waals surface area contributed by atoms with Gasteiger partial charge in [-0.15, -0.1) is 11.3 Å². The maximum atomic E-state index is 12.7. The minimum atomic E-state index is -0.301. The van der Waals surface area contributed by atoms with Crippen LogP contribution in [0.15, 0.2) is 36.7 Å². The zero-order chi connectivity index (χ0) is 20.4. The zero-order valence-corrected chi connectivity index (χ0v) is 17.4.